The smallest absolute Gasteiger partial charge is 0.311 e. The minimum atomic E-state index is -0.516. The van der Waals surface area contributed by atoms with Crippen LogP contribution < -0.4 is 25.2 Å². The maximum absolute atomic E-state index is 13.3. The third-order valence-corrected chi connectivity index (χ3v) is 6.40. The number of urea groups is 1. The van der Waals surface area contributed by atoms with Gasteiger partial charge in [0.15, 0.2) is 12.3 Å². The van der Waals surface area contributed by atoms with E-state index in [9.17, 15) is 14.4 Å². The highest BCUT2D eigenvalue weighted by Crippen LogP contribution is 2.33. The largest absolute Gasteiger partial charge is 0.323 e. The van der Waals surface area contributed by atoms with Crippen LogP contribution in [0.25, 0.3) is 5.57 Å². The second-order valence-corrected chi connectivity index (χ2v) is 7.73. The zero-order valence-electron chi connectivity index (χ0n) is 14.8. The summed E-state index contributed by atoms with van der Waals surface area (Å²) in [6, 6.07) is 7.19. The fourth-order valence-corrected chi connectivity index (χ4v) is 4.97. The number of rotatable bonds is 0. The molecule has 1 aromatic heterocycles. The lowest BCUT2D eigenvalue weighted by molar-refractivity contribution is -0.112. The van der Waals surface area contributed by atoms with Crippen LogP contribution in [-0.2, 0) is 4.79 Å². The molecule has 2 aromatic rings. The Morgan fingerprint density at radius 1 is 1.07 bits per heavy atom. The maximum atomic E-state index is 13.3. The molecule has 1 aromatic carbocycles. The Kier molecular flexibility index (Phi) is 3.09. The molecule has 3 aliphatic rings. The van der Waals surface area contributed by atoms with Crippen molar-refractivity contribution in [1.82, 2.24) is 19.8 Å². The average molecular weight is 384 g/mol. The number of amides is 3. The van der Waals surface area contributed by atoms with Crippen LogP contribution in [0.15, 0.2) is 34.2 Å². The summed E-state index contributed by atoms with van der Waals surface area (Å²) in [5.41, 5.74) is 4.54. The zero-order valence-corrected chi connectivity index (χ0v) is 15.6. The van der Waals surface area contributed by atoms with Crippen molar-refractivity contribution >= 4 is 34.5 Å². The van der Waals surface area contributed by atoms with Crippen LogP contribution in [0.4, 0.5) is 10.5 Å². The molecule has 0 radical (unpaired) electrons. The number of carbonyl (C=O) groups is 2. The molecule has 3 aliphatic heterocycles. The minimum absolute atomic E-state index is 0.199. The lowest BCUT2D eigenvalue weighted by atomic mass is 10.1. The predicted octanol–water partition coefficient (Wildman–Crippen LogP) is -0.955. The summed E-state index contributed by atoms with van der Waals surface area (Å²) >= 11 is 1.16. The van der Waals surface area contributed by atoms with Gasteiger partial charge in [0, 0.05) is 26.7 Å². The van der Waals surface area contributed by atoms with Crippen molar-refractivity contribution in [3.63, 3.8) is 0 Å². The Morgan fingerprint density at radius 2 is 1.81 bits per heavy atom. The molecule has 1 N–H and O–H groups in total. The summed E-state index contributed by atoms with van der Waals surface area (Å²) in [5, 5.41) is 4.28. The van der Waals surface area contributed by atoms with E-state index in [0.29, 0.717) is 14.9 Å². The number of nitrogens with one attached hydrogen (secondary N) is 1. The van der Waals surface area contributed by atoms with Crippen molar-refractivity contribution < 1.29 is 9.59 Å². The first-order chi connectivity index (χ1) is 12.9. The molecule has 4 heterocycles. The fraction of sp³-hybridized carbons (Fsp3) is 0.294. The Balaban J connectivity index is 1.82. The molecule has 0 bridgehead atoms. The number of para-hydroxylation sites is 1. The predicted molar refractivity (Wildman–Crippen MR) is 98.6 cm³/mol. The van der Waals surface area contributed by atoms with Gasteiger partial charge in [0.1, 0.15) is 4.53 Å². The van der Waals surface area contributed by atoms with Crippen molar-refractivity contribution in [1.29, 1.82) is 0 Å². The van der Waals surface area contributed by atoms with Gasteiger partial charge >= 0.3 is 6.03 Å². The van der Waals surface area contributed by atoms with E-state index >= 15 is 0 Å². The molecule has 0 spiro atoms. The SMILES string of the molecule is CN1C(=O)/C(=c2\sc3n(c2=O)C2C(NN=3)N(C)C(=O)N2C)c2ccccc21. The molecular weight excluding hydrogens is 368 g/mol. The highest BCUT2D eigenvalue weighted by Gasteiger charge is 2.46. The summed E-state index contributed by atoms with van der Waals surface area (Å²) in [6.07, 6.45) is -0.952. The molecule has 3 amide bonds. The molecule has 0 aliphatic carbocycles. The van der Waals surface area contributed by atoms with E-state index < -0.39 is 12.3 Å². The third kappa shape index (κ3) is 1.87. The van der Waals surface area contributed by atoms with Gasteiger partial charge in [-0.3, -0.25) is 19.6 Å². The first-order valence-corrected chi connectivity index (χ1v) is 9.19. The van der Waals surface area contributed by atoms with Gasteiger partial charge in [-0.15, -0.1) is 5.10 Å². The van der Waals surface area contributed by atoms with Crippen molar-refractivity contribution in [2.45, 2.75) is 12.3 Å². The number of carbonyl (C=O) groups excluding carboxylic acids is 2. The van der Waals surface area contributed by atoms with Crippen LogP contribution in [0, 0.1) is 0 Å². The first-order valence-electron chi connectivity index (χ1n) is 8.38. The monoisotopic (exact) mass is 384 g/mol. The molecular formula is C17H16N6O3S. The number of aromatic nitrogens is 1. The van der Waals surface area contributed by atoms with Crippen LogP contribution >= 0.6 is 11.3 Å². The Hall–Kier alpha value is -3.14. The van der Waals surface area contributed by atoms with Gasteiger partial charge in [-0.05, 0) is 6.07 Å². The number of nitrogens with zero attached hydrogens (tertiary/aromatic N) is 5. The minimum Gasteiger partial charge on any atom is -0.311 e. The highest BCUT2D eigenvalue weighted by atomic mass is 32.1. The number of benzene rings is 1. The second-order valence-electron chi connectivity index (χ2n) is 6.75. The van der Waals surface area contributed by atoms with Gasteiger partial charge in [0.2, 0.25) is 4.80 Å². The molecule has 9 nitrogen and oxygen atoms in total. The van der Waals surface area contributed by atoms with E-state index in [1.54, 1.807) is 26.0 Å². The van der Waals surface area contributed by atoms with Crippen molar-refractivity contribution in [3.05, 3.63) is 49.5 Å². The standard InChI is InChI=1S/C17H16N6O3S/c1-20-9-7-5-4-6-8(9)10(14(20)24)11-15(25)23-13-12(18-19-16(23)27-11)21(2)17(26)22(13)3/h4-7,12-13,18H,1-3H3/b11-10-. The van der Waals surface area contributed by atoms with Gasteiger partial charge in [-0.1, -0.05) is 29.5 Å². The fourth-order valence-electron chi connectivity index (χ4n) is 3.92. The number of hydrogen-bond acceptors (Lipinski definition) is 6. The quantitative estimate of drug-likeness (QED) is 0.634. The topological polar surface area (TPSA) is 90.2 Å². The van der Waals surface area contributed by atoms with E-state index in [1.165, 1.54) is 14.4 Å². The van der Waals surface area contributed by atoms with Gasteiger partial charge in [0.05, 0.1) is 11.3 Å². The summed E-state index contributed by atoms with van der Waals surface area (Å²) in [4.78, 5) is 43.5. The maximum Gasteiger partial charge on any atom is 0.323 e. The van der Waals surface area contributed by atoms with E-state index in [1.807, 2.05) is 24.3 Å². The Bertz CT molecular complexity index is 1200. The molecule has 2 atom stereocenters. The summed E-state index contributed by atoms with van der Waals surface area (Å²) in [7, 11) is 5.01. The van der Waals surface area contributed by atoms with E-state index in [0.717, 1.165) is 22.6 Å². The number of likely N-dealkylation sites (N-methyl/N-ethyl adjacent to an activating group) is 3. The number of fused-ring (bicyclic) bond motifs is 4. The Morgan fingerprint density at radius 3 is 2.59 bits per heavy atom. The Labute approximate surface area is 157 Å². The van der Waals surface area contributed by atoms with Crippen LogP contribution in [0.1, 0.15) is 11.7 Å². The van der Waals surface area contributed by atoms with Gasteiger partial charge < -0.3 is 14.7 Å². The van der Waals surface area contributed by atoms with Crippen LogP contribution in [0.2, 0.25) is 0 Å². The lowest BCUT2D eigenvalue weighted by Gasteiger charge is -2.27. The molecule has 138 valence electrons. The van der Waals surface area contributed by atoms with Gasteiger partial charge in [0.25, 0.3) is 11.5 Å². The molecule has 2 unspecified atom stereocenters. The molecule has 10 heteroatoms. The van der Waals surface area contributed by atoms with Crippen LogP contribution in [0.3, 0.4) is 0 Å². The normalized spacial score (nSPS) is 25.2. The van der Waals surface area contributed by atoms with Crippen molar-refractivity contribution in [3.8, 4) is 0 Å². The van der Waals surface area contributed by atoms with Crippen LogP contribution in [-0.4, -0.2) is 53.6 Å². The molecule has 27 heavy (non-hydrogen) atoms. The van der Waals surface area contributed by atoms with Crippen LogP contribution in [0.5, 0.6) is 0 Å². The average Bonchev–Trinajstić information content (AvgIpc) is 3.21. The number of thiazole rings is 1. The molecule has 0 saturated carbocycles. The summed E-state index contributed by atoms with van der Waals surface area (Å²) in [6.45, 7) is 0. The third-order valence-electron chi connectivity index (χ3n) is 5.35. The van der Waals surface area contributed by atoms with Gasteiger partial charge in [-0.2, -0.15) is 0 Å². The zero-order chi connectivity index (χ0) is 19.0. The highest BCUT2D eigenvalue weighted by molar-refractivity contribution is 7.07. The van der Waals surface area contributed by atoms with Crippen molar-refractivity contribution in [2.24, 2.45) is 5.10 Å². The molecule has 1 saturated heterocycles. The molecule has 5 rings (SSSR count). The second kappa shape index (κ2) is 5.19. The summed E-state index contributed by atoms with van der Waals surface area (Å²) in [5.74, 6) is -0.218. The van der Waals surface area contributed by atoms with E-state index in [2.05, 4.69) is 10.5 Å². The summed E-state index contributed by atoms with van der Waals surface area (Å²) < 4.78 is 1.84. The van der Waals surface area contributed by atoms with Gasteiger partial charge in [-0.25, -0.2) is 4.79 Å². The first kappa shape index (κ1) is 16.1. The number of anilines is 1. The van der Waals surface area contributed by atoms with E-state index in [-0.39, 0.29) is 17.5 Å². The number of hydrogen-bond donors (Lipinski definition) is 1. The van der Waals surface area contributed by atoms with Crippen molar-refractivity contribution in [2.75, 3.05) is 26.0 Å². The molecule has 1 fully saturated rings. The van der Waals surface area contributed by atoms with E-state index in [4.69, 9.17) is 0 Å². The lowest BCUT2D eigenvalue weighted by Crippen LogP contribution is -2.52.